The summed E-state index contributed by atoms with van der Waals surface area (Å²) in [4.78, 5) is 2.35. The maximum atomic E-state index is 9.69. The summed E-state index contributed by atoms with van der Waals surface area (Å²) in [6.07, 6.45) is 0. The lowest BCUT2D eigenvalue weighted by Crippen LogP contribution is -2.30. The Kier molecular flexibility index (Phi) is 3.78. The first kappa shape index (κ1) is 17.0. The molecule has 138 valence electrons. The molecule has 28 heavy (non-hydrogen) atoms. The predicted molar refractivity (Wildman–Crippen MR) is 117 cm³/mol. The zero-order valence-corrected chi connectivity index (χ0v) is 16.2. The van der Waals surface area contributed by atoms with Crippen molar-refractivity contribution in [3.05, 3.63) is 102 Å². The highest BCUT2D eigenvalue weighted by Gasteiger charge is 2.36. The third-order valence-corrected chi connectivity index (χ3v) is 5.97. The van der Waals surface area contributed by atoms with Crippen LogP contribution < -0.4 is 4.90 Å². The summed E-state index contributed by atoms with van der Waals surface area (Å²) >= 11 is 0. The average molecular weight is 365 g/mol. The smallest absolute Gasteiger partial charge is 0.0681 e. The number of rotatable bonds is 2. The number of hydrogen-bond donors (Lipinski definition) is 1. The summed E-state index contributed by atoms with van der Waals surface area (Å²) in [6.45, 7) is 4.59. The number of anilines is 3. The number of para-hydroxylation sites is 1. The van der Waals surface area contributed by atoms with Gasteiger partial charge in [-0.3, -0.25) is 0 Å². The Bertz CT molecular complexity index is 1190. The maximum absolute atomic E-state index is 9.69. The van der Waals surface area contributed by atoms with Crippen molar-refractivity contribution in [2.45, 2.75) is 25.9 Å². The van der Waals surface area contributed by atoms with Gasteiger partial charge < -0.3 is 10.0 Å². The van der Waals surface area contributed by atoms with E-state index in [0.717, 1.165) is 11.3 Å². The summed E-state index contributed by atoms with van der Waals surface area (Å²) in [7, 11) is 0. The van der Waals surface area contributed by atoms with Crippen molar-refractivity contribution in [2.24, 2.45) is 0 Å². The van der Waals surface area contributed by atoms with Gasteiger partial charge in [-0.1, -0.05) is 74.5 Å². The van der Waals surface area contributed by atoms with Crippen molar-refractivity contribution in [3.8, 4) is 0 Å². The third-order valence-electron chi connectivity index (χ3n) is 5.97. The third kappa shape index (κ3) is 2.45. The van der Waals surface area contributed by atoms with Gasteiger partial charge in [0.25, 0.3) is 0 Å². The van der Waals surface area contributed by atoms with Crippen LogP contribution >= 0.6 is 0 Å². The van der Waals surface area contributed by atoms with E-state index in [4.69, 9.17) is 0 Å². The molecule has 0 atom stereocenters. The Morgan fingerprint density at radius 1 is 0.714 bits per heavy atom. The highest BCUT2D eigenvalue weighted by Crippen LogP contribution is 2.52. The molecule has 0 saturated carbocycles. The van der Waals surface area contributed by atoms with Gasteiger partial charge in [0, 0.05) is 11.1 Å². The standard InChI is InChI=1S/C26H23NO/c1-26(2)22-9-5-6-10-24(22)27(25-14-11-18(17-28)15-23(25)26)21-13-12-19-7-3-4-8-20(19)16-21/h3-16,28H,17H2,1-2H3. The van der Waals surface area contributed by atoms with Crippen molar-refractivity contribution < 1.29 is 5.11 Å². The molecule has 1 N–H and O–H groups in total. The van der Waals surface area contributed by atoms with Crippen LogP contribution in [-0.4, -0.2) is 5.11 Å². The lowest BCUT2D eigenvalue weighted by Gasteiger charge is -2.42. The minimum absolute atomic E-state index is 0.0565. The van der Waals surface area contributed by atoms with E-state index in [2.05, 4.69) is 97.6 Å². The highest BCUT2D eigenvalue weighted by atomic mass is 16.3. The zero-order chi connectivity index (χ0) is 19.3. The molecule has 1 aliphatic rings. The number of fused-ring (bicyclic) bond motifs is 3. The number of hydrogen-bond acceptors (Lipinski definition) is 2. The fourth-order valence-corrected chi connectivity index (χ4v) is 4.44. The molecule has 0 saturated heterocycles. The lowest BCUT2D eigenvalue weighted by molar-refractivity contribution is 0.281. The second kappa shape index (κ2) is 6.22. The zero-order valence-electron chi connectivity index (χ0n) is 16.2. The molecule has 0 fully saturated rings. The number of benzene rings is 4. The van der Waals surface area contributed by atoms with E-state index in [9.17, 15) is 5.11 Å². The normalized spacial score (nSPS) is 14.6. The molecule has 4 aromatic rings. The molecule has 0 aliphatic carbocycles. The molecule has 4 aromatic carbocycles. The Hall–Kier alpha value is -3.10. The van der Waals surface area contributed by atoms with Crippen LogP contribution in [0.4, 0.5) is 17.1 Å². The summed E-state index contributed by atoms with van der Waals surface area (Å²) in [5, 5.41) is 12.2. The molecule has 1 aliphatic heterocycles. The summed E-state index contributed by atoms with van der Waals surface area (Å²) in [5.41, 5.74) is 6.90. The molecular weight excluding hydrogens is 342 g/mol. The van der Waals surface area contributed by atoms with Gasteiger partial charge in [0.2, 0.25) is 0 Å². The van der Waals surface area contributed by atoms with Crippen LogP contribution in [0.15, 0.2) is 84.9 Å². The van der Waals surface area contributed by atoms with Gasteiger partial charge in [0.1, 0.15) is 0 Å². The van der Waals surface area contributed by atoms with Gasteiger partial charge in [-0.05, 0) is 51.7 Å². The second-order valence-electron chi connectivity index (χ2n) is 8.02. The van der Waals surface area contributed by atoms with Crippen molar-refractivity contribution in [1.82, 2.24) is 0 Å². The van der Waals surface area contributed by atoms with Crippen LogP contribution in [0.2, 0.25) is 0 Å². The second-order valence-corrected chi connectivity index (χ2v) is 8.02. The van der Waals surface area contributed by atoms with E-state index in [-0.39, 0.29) is 12.0 Å². The van der Waals surface area contributed by atoms with Crippen molar-refractivity contribution in [3.63, 3.8) is 0 Å². The fourth-order valence-electron chi connectivity index (χ4n) is 4.44. The van der Waals surface area contributed by atoms with E-state index < -0.39 is 0 Å². The minimum atomic E-state index is -0.134. The van der Waals surface area contributed by atoms with Crippen LogP contribution in [0.25, 0.3) is 10.8 Å². The Balaban J connectivity index is 1.80. The molecule has 0 amide bonds. The molecule has 5 rings (SSSR count). The number of nitrogens with zero attached hydrogens (tertiary/aromatic N) is 1. The van der Waals surface area contributed by atoms with Gasteiger partial charge in [0.05, 0.1) is 18.0 Å². The summed E-state index contributed by atoms with van der Waals surface area (Å²) < 4.78 is 0. The number of aliphatic hydroxyl groups is 1. The number of aliphatic hydroxyl groups excluding tert-OH is 1. The van der Waals surface area contributed by atoms with Crippen LogP contribution in [0, 0.1) is 0 Å². The van der Waals surface area contributed by atoms with E-state index in [1.807, 2.05) is 6.07 Å². The minimum Gasteiger partial charge on any atom is -0.392 e. The predicted octanol–water partition coefficient (Wildman–Crippen LogP) is 6.44. The molecule has 1 heterocycles. The van der Waals surface area contributed by atoms with E-state index in [0.29, 0.717) is 0 Å². The average Bonchev–Trinajstić information content (AvgIpc) is 2.74. The monoisotopic (exact) mass is 365 g/mol. The van der Waals surface area contributed by atoms with Crippen LogP contribution in [0.1, 0.15) is 30.5 Å². The molecule has 0 aromatic heterocycles. The molecule has 0 bridgehead atoms. The quantitative estimate of drug-likeness (QED) is 0.442. The molecule has 0 spiro atoms. The van der Waals surface area contributed by atoms with Gasteiger partial charge >= 0.3 is 0 Å². The topological polar surface area (TPSA) is 23.5 Å². The molecule has 0 radical (unpaired) electrons. The first-order valence-corrected chi connectivity index (χ1v) is 9.72. The van der Waals surface area contributed by atoms with Crippen LogP contribution in [-0.2, 0) is 12.0 Å². The van der Waals surface area contributed by atoms with Gasteiger partial charge in [-0.25, -0.2) is 0 Å². The first-order chi connectivity index (χ1) is 13.6. The Morgan fingerprint density at radius 2 is 1.43 bits per heavy atom. The fraction of sp³-hybridized carbons (Fsp3) is 0.154. The van der Waals surface area contributed by atoms with Gasteiger partial charge in [-0.2, -0.15) is 0 Å². The SMILES string of the molecule is CC1(C)c2ccccc2N(c2ccc3ccccc3c2)c2ccc(CO)cc21. The van der Waals surface area contributed by atoms with Crippen molar-refractivity contribution in [2.75, 3.05) is 4.90 Å². The van der Waals surface area contributed by atoms with Crippen molar-refractivity contribution >= 4 is 27.8 Å². The first-order valence-electron chi connectivity index (χ1n) is 9.72. The maximum Gasteiger partial charge on any atom is 0.0681 e. The van der Waals surface area contributed by atoms with E-state index >= 15 is 0 Å². The van der Waals surface area contributed by atoms with E-state index in [1.54, 1.807) is 0 Å². The molecule has 2 nitrogen and oxygen atoms in total. The van der Waals surface area contributed by atoms with Crippen LogP contribution in [0.3, 0.4) is 0 Å². The largest absolute Gasteiger partial charge is 0.392 e. The molecular formula is C26H23NO. The molecule has 0 unspecified atom stereocenters. The highest BCUT2D eigenvalue weighted by molar-refractivity contribution is 5.92. The van der Waals surface area contributed by atoms with Crippen LogP contribution in [0.5, 0.6) is 0 Å². The summed E-state index contributed by atoms with van der Waals surface area (Å²) in [5.74, 6) is 0. The molecule has 2 heteroatoms. The summed E-state index contributed by atoms with van der Waals surface area (Å²) in [6, 6.07) is 30.1. The van der Waals surface area contributed by atoms with Gasteiger partial charge in [0.15, 0.2) is 0 Å². The van der Waals surface area contributed by atoms with Gasteiger partial charge in [-0.15, -0.1) is 0 Å². The van der Waals surface area contributed by atoms with Crippen molar-refractivity contribution in [1.29, 1.82) is 0 Å². The Morgan fingerprint density at radius 3 is 2.25 bits per heavy atom. The lowest BCUT2D eigenvalue weighted by atomic mass is 9.73. The van der Waals surface area contributed by atoms with E-state index in [1.165, 1.54) is 33.3 Å². The Labute approximate surface area is 165 Å².